The summed E-state index contributed by atoms with van der Waals surface area (Å²) in [5.74, 6) is -2.37. The maximum absolute atomic E-state index is 12.6. The second-order valence-electron chi connectivity index (χ2n) is 14.5. The van der Waals surface area contributed by atoms with E-state index in [9.17, 15) is 23.8 Å². The van der Waals surface area contributed by atoms with Crippen LogP contribution in [0.4, 0.5) is 0 Å². The van der Waals surface area contributed by atoms with Crippen LogP contribution in [-0.4, -0.2) is 59.9 Å². The number of allylic oxidation sites excluding steroid dienone is 2. The summed E-state index contributed by atoms with van der Waals surface area (Å²) in [6.45, 7) is 2.80. The van der Waals surface area contributed by atoms with Crippen LogP contribution in [0.1, 0.15) is 200 Å². The summed E-state index contributed by atoms with van der Waals surface area (Å²) in [7, 11) is -4.71. The molecule has 1 unspecified atom stereocenters. The number of phosphoric acid groups is 1. The molecule has 0 fully saturated rings. The minimum atomic E-state index is -4.71. The van der Waals surface area contributed by atoms with Gasteiger partial charge in [-0.3, -0.25) is 23.4 Å². The largest absolute Gasteiger partial charge is 0.480 e. The van der Waals surface area contributed by atoms with Crippen molar-refractivity contribution in [3.05, 3.63) is 12.2 Å². The van der Waals surface area contributed by atoms with Gasteiger partial charge in [-0.25, -0.2) is 4.57 Å². The second-order valence-corrected chi connectivity index (χ2v) is 15.9. The number of rotatable bonds is 40. The lowest BCUT2D eigenvalue weighted by atomic mass is 10.0. The van der Waals surface area contributed by atoms with Crippen LogP contribution < -0.4 is 5.73 Å². The molecule has 0 heterocycles. The van der Waals surface area contributed by atoms with Gasteiger partial charge in [-0.15, -0.1) is 0 Å². The number of carboxylic acids is 1. The average molecular weight is 776 g/mol. The van der Waals surface area contributed by atoms with Gasteiger partial charge in [0.2, 0.25) is 0 Å². The van der Waals surface area contributed by atoms with Gasteiger partial charge in [-0.2, -0.15) is 0 Å². The SMILES string of the molecule is CCCCCCC/C=C\CCCCCCCCCC(=O)O[C@H](COC(=O)CCCCCCCCCCCCCCC)COP(=O)(O)OC[C@H](N)C(=O)O. The summed E-state index contributed by atoms with van der Waals surface area (Å²) in [5.41, 5.74) is 5.33. The van der Waals surface area contributed by atoms with Crippen LogP contribution in [0.3, 0.4) is 0 Å². The molecule has 0 bridgehead atoms. The quantitative estimate of drug-likeness (QED) is 0.0234. The number of carbonyl (C=O) groups is 3. The van der Waals surface area contributed by atoms with E-state index >= 15 is 0 Å². The molecule has 53 heavy (non-hydrogen) atoms. The van der Waals surface area contributed by atoms with Crippen molar-refractivity contribution in [2.24, 2.45) is 5.73 Å². The van der Waals surface area contributed by atoms with Crippen molar-refractivity contribution < 1.29 is 47.5 Å². The van der Waals surface area contributed by atoms with E-state index in [2.05, 4.69) is 30.5 Å². The highest BCUT2D eigenvalue weighted by Crippen LogP contribution is 2.43. The van der Waals surface area contributed by atoms with Gasteiger partial charge in [-0.05, 0) is 38.5 Å². The van der Waals surface area contributed by atoms with Gasteiger partial charge < -0.3 is 25.2 Å². The summed E-state index contributed by atoms with van der Waals surface area (Å²) in [4.78, 5) is 45.9. The molecule has 0 rings (SSSR count). The minimum Gasteiger partial charge on any atom is -0.480 e. The summed E-state index contributed by atoms with van der Waals surface area (Å²) in [6, 6.07) is -1.52. The van der Waals surface area contributed by atoms with Gasteiger partial charge in [0.05, 0.1) is 13.2 Å². The number of carbonyl (C=O) groups excluding carboxylic acids is 2. The number of carboxylic acid groups (broad SMARTS) is 1. The lowest BCUT2D eigenvalue weighted by Gasteiger charge is -2.20. The number of hydrogen-bond acceptors (Lipinski definition) is 9. The highest BCUT2D eigenvalue weighted by Gasteiger charge is 2.28. The van der Waals surface area contributed by atoms with Crippen LogP contribution in [0.25, 0.3) is 0 Å². The molecule has 11 nitrogen and oxygen atoms in total. The predicted octanol–water partition coefficient (Wildman–Crippen LogP) is 10.9. The fourth-order valence-corrected chi connectivity index (χ4v) is 6.66. The van der Waals surface area contributed by atoms with Gasteiger partial charge in [0.15, 0.2) is 6.10 Å². The van der Waals surface area contributed by atoms with Crippen molar-refractivity contribution in [1.82, 2.24) is 0 Å². The van der Waals surface area contributed by atoms with Crippen LogP contribution in [0.5, 0.6) is 0 Å². The van der Waals surface area contributed by atoms with Crippen molar-refractivity contribution in [3.8, 4) is 0 Å². The zero-order valence-electron chi connectivity index (χ0n) is 33.6. The number of phosphoric ester groups is 1. The van der Waals surface area contributed by atoms with Crippen LogP contribution >= 0.6 is 7.82 Å². The van der Waals surface area contributed by atoms with Crippen molar-refractivity contribution in [2.45, 2.75) is 212 Å². The molecular formula is C41H78NO10P. The van der Waals surface area contributed by atoms with E-state index < -0.39 is 51.1 Å². The first kappa shape index (κ1) is 51.2. The standard InChI is InChI=1S/C41H78NO10P/c1-3-5-7-9-11-13-15-17-18-19-21-23-25-27-29-31-33-40(44)52-37(35-50-53(47,48)51-36-38(42)41(45)46)34-49-39(43)32-30-28-26-24-22-20-16-14-12-10-8-6-4-2/h15,17,37-38H,3-14,16,18-36,42H2,1-2H3,(H,45,46)(H,47,48)/b17-15-/t37-,38+/m1/s1. The molecule has 0 aliphatic carbocycles. The number of esters is 2. The van der Waals surface area contributed by atoms with Gasteiger partial charge in [-0.1, -0.05) is 161 Å². The third-order valence-corrected chi connectivity index (χ3v) is 10.2. The highest BCUT2D eigenvalue weighted by atomic mass is 31.2. The molecule has 0 aromatic heterocycles. The second kappa shape index (κ2) is 37.2. The van der Waals surface area contributed by atoms with E-state index in [-0.39, 0.29) is 19.4 Å². The molecule has 0 saturated heterocycles. The number of ether oxygens (including phenoxy) is 2. The Morgan fingerprint density at radius 3 is 1.38 bits per heavy atom. The van der Waals surface area contributed by atoms with Gasteiger partial charge in [0, 0.05) is 12.8 Å². The molecule has 0 aliphatic rings. The maximum Gasteiger partial charge on any atom is 0.472 e. The van der Waals surface area contributed by atoms with E-state index in [0.717, 1.165) is 44.9 Å². The molecule has 0 aromatic rings. The fourth-order valence-electron chi connectivity index (χ4n) is 5.88. The van der Waals surface area contributed by atoms with Crippen molar-refractivity contribution in [1.29, 1.82) is 0 Å². The molecule has 0 amide bonds. The smallest absolute Gasteiger partial charge is 0.472 e. The van der Waals surface area contributed by atoms with Crippen molar-refractivity contribution in [3.63, 3.8) is 0 Å². The summed E-state index contributed by atoms with van der Waals surface area (Å²) < 4.78 is 32.7. The highest BCUT2D eigenvalue weighted by molar-refractivity contribution is 7.47. The first-order valence-electron chi connectivity index (χ1n) is 21.2. The summed E-state index contributed by atoms with van der Waals surface area (Å²) >= 11 is 0. The molecule has 4 N–H and O–H groups in total. The fraction of sp³-hybridized carbons (Fsp3) is 0.878. The Labute approximate surface area is 322 Å². The third kappa shape index (κ3) is 36.9. The molecule has 0 spiro atoms. The Balaban J connectivity index is 4.36. The molecular weight excluding hydrogens is 697 g/mol. The lowest BCUT2D eigenvalue weighted by Crippen LogP contribution is -2.34. The normalized spacial score (nSPS) is 13.9. The van der Waals surface area contributed by atoms with Crippen LogP contribution in [0, 0.1) is 0 Å². The average Bonchev–Trinajstić information content (AvgIpc) is 3.13. The predicted molar refractivity (Wildman–Crippen MR) is 213 cm³/mol. The van der Waals surface area contributed by atoms with Gasteiger partial charge >= 0.3 is 25.7 Å². The number of hydrogen-bond donors (Lipinski definition) is 3. The zero-order chi connectivity index (χ0) is 39.3. The van der Waals surface area contributed by atoms with E-state index in [1.807, 2.05) is 0 Å². The van der Waals surface area contributed by atoms with Crippen molar-refractivity contribution in [2.75, 3.05) is 19.8 Å². The Morgan fingerprint density at radius 1 is 0.566 bits per heavy atom. The zero-order valence-corrected chi connectivity index (χ0v) is 34.5. The van der Waals surface area contributed by atoms with Gasteiger partial charge in [0.1, 0.15) is 12.6 Å². The number of aliphatic carboxylic acids is 1. The van der Waals surface area contributed by atoms with Crippen LogP contribution in [-0.2, 0) is 37.5 Å². The van der Waals surface area contributed by atoms with E-state index in [1.165, 1.54) is 116 Å². The minimum absolute atomic E-state index is 0.160. The van der Waals surface area contributed by atoms with E-state index in [4.69, 9.17) is 24.8 Å². The number of unbranched alkanes of at least 4 members (excludes halogenated alkanes) is 24. The van der Waals surface area contributed by atoms with E-state index in [0.29, 0.717) is 12.8 Å². The Kier molecular flexibility index (Phi) is 35.9. The van der Waals surface area contributed by atoms with Crippen LogP contribution in [0.15, 0.2) is 12.2 Å². The Morgan fingerprint density at radius 2 is 0.943 bits per heavy atom. The molecule has 0 radical (unpaired) electrons. The maximum atomic E-state index is 12.6. The van der Waals surface area contributed by atoms with Crippen LogP contribution in [0.2, 0.25) is 0 Å². The Bertz CT molecular complexity index is 963. The first-order chi connectivity index (χ1) is 25.6. The summed E-state index contributed by atoms with van der Waals surface area (Å²) in [6.07, 6.45) is 35.6. The Hall–Kier alpha value is -1.78. The lowest BCUT2D eigenvalue weighted by molar-refractivity contribution is -0.161. The molecule has 312 valence electrons. The third-order valence-electron chi connectivity index (χ3n) is 9.26. The molecule has 0 aliphatic heterocycles. The first-order valence-corrected chi connectivity index (χ1v) is 22.7. The van der Waals surface area contributed by atoms with E-state index in [1.54, 1.807) is 0 Å². The molecule has 3 atom stereocenters. The van der Waals surface area contributed by atoms with Gasteiger partial charge in [0.25, 0.3) is 0 Å². The number of nitrogens with two attached hydrogens (primary N) is 1. The topological polar surface area (TPSA) is 172 Å². The van der Waals surface area contributed by atoms with Crippen molar-refractivity contribution >= 4 is 25.7 Å². The molecule has 0 aromatic carbocycles. The molecule has 12 heteroatoms. The monoisotopic (exact) mass is 776 g/mol. The molecule has 0 saturated carbocycles. The summed E-state index contributed by atoms with van der Waals surface area (Å²) in [5, 5.41) is 8.87.